The number of rotatable bonds is 6. The summed E-state index contributed by atoms with van der Waals surface area (Å²) in [5, 5.41) is 13.0. The molecule has 0 radical (unpaired) electrons. The van der Waals surface area contributed by atoms with Gasteiger partial charge in [-0.2, -0.15) is 0 Å². The summed E-state index contributed by atoms with van der Waals surface area (Å²) in [7, 11) is 1.63. The van der Waals surface area contributed by atoms with Crippen LogP contribution in [0.15, 0.2) is 18.2 Å². The zero-order valence-corrected chi connectivity index (χ0v) is 11.3. The predicted octanol–water partition coefficient (Wildman–Crippen LogP) is 2.60. The zero-order chi connectivity index (χ0) is 12.9. The van der Waals surface area contributed by atoms with Crippen molar-refractivity contribution in [3.8, 4) is 5.75 Å². The van der Waals surface area contributed by atoms with E-state index in [1.807, 2.05) is 32.0 Å². The minimum absolute atomic E-state index is 0.126. The van der Waals surface area contributed by atoms with Crippen LogP contribution in [-0.2, 0) is 6.54 Å². The Hall–Kier alpha value is -0.770. The van der Waals surface area contributed by atoms with Gasteiger partial charge in [-0.25, -0.2) is 0 Å². The van der Waals surface area contributed by atoms with E-state index in [1.54, 1.807) is 7.11 Å². The smallest absolute Gasteiger partial charge is 0.124 e. The summed E-state index contributed by atoms with van der Waals surface area (Å²) in [6.45, 7) is 4.88. The molecule has 4 heteroatoms. The Morgan fingerprint density at radius 3 is 2.71 bits per heavy atom. The van der Waals surface area contributed by atoms with Crippen molar-refractivity contribution in [2.45, 2.75) is 32.4 Å². The molecule has 2 N–H and O–H groups in total. The number of nitrogens with one attached hydrogen (secondary N) is 1. The maximum Gasteiger partial charge on any atom is 0.124 e. The van der Waals surface area contributed by atoms with Crippen LogP contribution in [0.4, 0.5) is 0 Å². The number of halogens is 1. The van der Waals surface area contributed by atoms with Crippen LogP contribution in [0.25, 0.3) is 0 Å². The Kier molecular flexibility index (Phi) is 5.25. The number of aliphatic hydroxyl groups excluding tert-OH is 1. The van der Waals surface area contributed by atoms with Gasteiger partial charge in [0.25, 0.3) is 0 Å². The first-order valence-corrected chi connectivity index (χ1v) is 6.05. The Bertz CT molecular complexity index is 366. The third-order valence-corrected chi connectivity index (χ3v) is 3.13. The topological polar surface area (TPSA) is 41.5 Å². The molecule has 0 aliphatic heterocycles. The second-order valence-corrected chi connectivity index (χ2v) is 5.04. The maximum absolute atomic E-state index is 8.96. The zero-order valence-electron chi connectivity index (χ0n) is 10.6. The highest BCUT2D eigenvalue weighted by molar-refractivity contribution is 6.31. The largest absolute Gasteiger partial charge is 0.496 e. The number of hydrogen-bond donors (Lipinski definition) is 2. The fourth-order valence-corrected chi connectivity index (χ4v) is 1.83. The molecule has 96 valence electrons. The van der Waals surface area contributed by atoms with E-state index in [2.05, 4.69) is 5.32 Å². The second kappa shape index (κ2) is 6.24. The van der Waals surface area contributed by atoms with Gasteiger partial charge in [0.2, 0.25) is 0 Å². The summed E-state index contributed by atoms with van der Waals surface area (Å²) in [4.78, 5) is 0. The third-order valence-electron chi connectivity index (χ3n) is 2.78. The van der Waals surface area contributed by atoms with Crippen LogP contribution in [0.2, 0.25) is 5.02 Å². The minimum atomic E-state index is -0.126. The van der Waals surface area contributed by atoms with Crippen molar-refractivity contribution in [2.24, 2.45) is 0 Å². The highest BCUT2D eigenvalue weighted by atomic mass is 35.5. The SMILES string of the molecule is COc1cccc(Cl)c1CNC(C)(C)CCO. The first-order chi connectivity index (χ1) is 8.00. The molecule has 0 aromatic heterocycles. The van der Waals surface area contributed by atoms with Crippen LogP contribution < -0.4 is 10.1 Å². The molecule has 0 aliphatic rings. The molecular weight excluding hydrogens is 238 g/mol. The Morgan fingerprint density at radius 2 is 2.12 bits per heavy atom. The lowest BCUT2D eigenvalue weighted by Crippen LogP contribution is -2.39. The number of ether oxygens (including phenoxy) is 1. The van der Waals surface area contributed by atoms with E-state index >= 15 is 0 Å². The van der Waals surface area contributed by atoms with Crippen molar-refractivity contribution < 1.29 is 9.84 Å². The van der Waals surface area contributed by atoms with Gasteiger partial charge in [0.1, 0.15) is 5.75 Å². The molecule has 0 bridgehead atoms. The van der Waals surface area contributed by atoms with Gasteiger partial charge in [0.15, 0.2) is 0 Å². The lowest BCUT2D eigenvalue weighted by atomic mass is 10.0. The van der Waals surface area contributed by atoms with Crippen LogP contribution in [0.5, 0.6) is 5.75 Å². The highest BCUT2D eigenvalue weighted by Crippen LogP contribution is 2.26. The lowest BCUT2D eigenvalue weighted by Gasteiger charge is -2.26. The first-order valence-electron chi connectivity index (χ1n) is 5.67. The third kappa shape index (κ3) is 4.19. The van der Waals surface area contributed by atoms with Gasteiger partial charge >= 0.3 is 0 Å². The van der Waals surface area contributed by atoms with Gasteiger partial charge in [-0.3, -0.25) is 0 Å². The van der Waals surface area contributed by atoms with Crippen molar-refractivity contribution in [3.05, 3.63) is 28.8 Å². The molecule has 0 saturated carbocycles. The van der Waals surface area contributed by atoms with Crippen molar-refractivity contribution in [3.63, 3.8) is 0 Å². The summed E-state index contributed by atoms with van der Waals surface area (Å²) in [6, 6.07) is 5.60. The summed E-state index contributed by atoms with van der Waals surface area (Å²) >= 11 is 6.14. The summed E-state index contributed by atoms with van der Waals surface area (Å²) in [5.41, 5.74) is 0.821. The van der Waals surface area contributed by atoms with E-state index in [4.69, 9.17) is 21.4 Å². The quantitative estimate of drug-likeness (QED) is 0.823. The van der Waals surface area contributed by atoms with Gasteiger partial charge in [-0.15, -0.1) is 0 Å². The predicted molar refractivity (Wildman–Crippen MR) is 70.6 cm³/mol. The van der Waals surface area contributed by atoms with E-state index in [1.165, 1.54) is 0 Å². The van der Waals surface area contributed by atoms with Crippen LogP contribution in [-0.4, -0.2) is 24.4 Å². The first kappa shape index (κ1) is 14.3. The van der Waals surface area contributed by atoms with E-state index in [0.717, 1.165) is 11.3 Å². The van der Waals surface area contributed by atoms with E-state index in [9.17, 15) is 0 Å². The summed E-state index contributed by atoms with van der Waals surface area (Å²) in [6.07, 6.45) is 0.694. The molecule has 17 heavy (non-hydrogen) atoms. The molecule has 1 aromatic rings. The van der Waals surface area contributed by atoms with E-state index in [-0.39, 0.29) is 12.1 Å². The van der Waals surface area contributed by atoms with Crippen LogP contribution >= 0.6 is 11.6 Å². The Balaban J connectivity index is 2.75. The molecule has 0 amide bonds. The van der Waals surface area contributed by atoms with Gasteiger partial charge < -0.3 is 15.2 Å². The van der Waals surface area contributed by atoms with Crippen molar-refractivity contribution >= 4 is 11.6 Å². The molecule has 0 fully saturated rings. The molecule has 0 unspecified atom stereocenters. The van der Waals surface area contributed by atoms with Crippen molar-refractivity contribution in [2.75, 3.05) is 13.7 Å². The van der Waals surface area contributed by atoms with Gasteiger partial charge in [-0.1, -0.05) is 17.7 Å². The van der Waals surface area contributed by atoms with Crippen molar-refractivity contribution in [1.29, 1.82) is 0 Å². The normalized spacial score (nSPS) is 11.6. The summed E-state index contributed by atoms with van der Waals surface area (Å²) < 4.78 is 5.28. The molecule has 0 spiro atoms. The lowest BCUT2D eigenvalue weighted by molar-refractivity contribution is 0.229. The fourth-order valence-electron chi connectivity index (χ4n) is 1.60. The molecule has 0 heterocycles. The van der Waals surface area contributed by atoms with Crippen LogP contribution in [0.3, 0.4) is 0 Å². The molecule has 1 rings (SSSR count). The van der Waals surface area contributed by atoms with Gasteiger partial charge in [0, 0.05) is 29.3 Å². The fraction of sp³-hybridized carbons (Fsp3) is 0.538. The number of hydrogen-bond acceptors (Lipinski definition) is 3. The second-order valence-electron chi connectivity index (χ2n) is 4.63. The van der Waals surface area contributed by atoms with Crippen molar-refractivity contribution in [1.82, 2.24) is 5.32 Å². The number of aliphatic hydroxyl groups is 1. The van der Waals surface area contributed by atoms with Crippen LogP contribution in [0, 0.1) is 0 Å². The molecule has 0 saturated heterocycles. The monoisotopic (exact) mass is 257 g/mol. The van der Waals surface area contributed by atoms with Crippen LogP contribution in [0.1, 0.15) is 25.8 Å². The molecule has 1 aromatic carbocycles. The average molecular weight is 258 g/mol. The van der Waals surface area contributed by atoms with Gasteiger partial charge in [-0.05, 0) is 32.4 Å². The molecule has 0 atom stereocenters. The highest BCUT2D eigenvalue weighted by Gasteiger charge is 2.17. The number of benzene rings is 1. The van der Waals surface area contributed by atoms with Gasteiger partial charge in [0.05, 0.1) is 7.11 Å². The van der Waals surface area contributed by atoms with E-state index < -0.39 is 0 Å². The standard InChI is InChI=1S/C13H20ClNO2/c1-13(2,7-8-16)15-9-10-11(14)5-4-6-12(10)17-3/h4-6,15-16H,7-9H2,1-3H3. The maximum atomic E-state index is 8.96. The minimum Gasteiger partial charge on any atom is -0.496 e. The van der Waals surface area contributed by atoms with E-state index in [0.29, 0.717) is 18.0 Å². The number of methoxy groups -OCH3 is 1. The molecule has 0 aliphatic carbocycles. The Labute approximate surface area is 108 Å². The molecule has 3 nitrogen and oxygen atoms in total. The molecular formula is C13H20ClNO2. The average Bonchev–Trinajstić information content (AvgIpc) is 2.27. The summed E-state index contributed by atoms with van der Waals surface area (Å²) in [5.74, 6) is 0.782. The Morgan fingerprint density at radius 1 is 1.41 bits per heavy atom.